The van der Waals surface area contributed by atoms with E-state index >= 15 is 0 Å². The summed E-state index contributed by atoms with van der Waals surface area (Å²) in [5.74, 6) is -0.570. The summed E-state index contributed by atoms with van der Waals surface area (Å²) in [5, 5.41) is 2.95. The number of nitrogens with zero attached hydrogens (tertiary/aromatic N) is 2. The average Bonchev–Trinajstić information content (AvgIpc) is 1.96. The third-order valence-corrected chi connectivity index (χ3v) is 0.803. The van der Waals surface area contributed by atoms with Crippen LogP contribution in [0, 0.1) is 0 Å². The third kappa shape index (κ3) is 8.77. The second-order valence-electron chi connectivity index (χ2n) is 1.74. The second kappa shape index (κ2) is 6.88. The molecule has 0 rings (SSSR count). The maximum atomic E-state index is 10.1. The number of hydrogen-bond acceptors (Lipinski definition) is 3. The Morgan fingerprint density at radius 2 is 2.45 bits per heavy atom. The Morgan fingerprint density at radius 3 is 3.00 bits per heavy atom. The molecule has 0 aromatic heterocycles. The van der Waals surface area contributed by atoms with E-state index in [2.05, 4.69) is 15.3 Å². The lowest BCUT2D eigenvalue weighted by Crippen LogP contribution is -2.12. The van der Waals surface area contributed by atoms with Gasteiger partial charge in [0.25, 0.3) is 5.91 Å². The Labute approximate surface area is 65.4 Å². The lowest BCUT2D eigenvalue weighted by molar-refractivity contribution is -0.111. The molecule has 0 fully saturated rings. The number of primary amides is 1. The van der Waals surface area contributed by atoms with Gasteiger partial charge in [-0.05, 0) is 6.54 Å². The van der Waals surface area contributed by atoms with Crippen molar-refractivity contribution < 1.29 is 4.79 Å². The maximum Gasteiger partial charge on any atom is 0.259 e. The van der Waals surface area contributed by atoms with Crippen LogP contribution in [0.15, 0.2) is 9.98 Å². The van der Waals surface area contributed by atoms with Crippen molar-refractivity contribution in [1.82, 2.24) is 5.32 Å². The van der Waals surface area contributed by atoms with E-state index in [1.165, 1.54) is 6.34 Å². The predicted molar refractivity (Wildman–Crippen MR) is 44.7 cm³/mol. The Balaban J connectivity index is 3.36. The molecule has 0 aromatic carbocycles. The molecule has 0 aliphatic rings. The lowest BCUT2D eigenvalue weighted by atomic mass is 10.7. The minimum atomic E-state index is -0.570. The number of rotatable bonds is 5. The van der Waals surface area contributed by atoms with Gasteiger partial charge in [-0.25, -0.2) is 4.99 Å². The fourth-order valence-corrected chi connectivity index (χ4v) is 0.371. The van der Waals surface area contributed by atoms with E-state index in [-0.39, 0.29) is 0 Å². The van der Waals surface area contributed by atoms with Crippen LogP contribution in [0.25, 0.3) is 0 Å². The topological polar surface area (TPSA) is 79.8 Å². The van der Waals surface area contributed by atoms with Crippen LogP contribution in [0.3, 0.4) is 0 Å². The number of nitrogens with two attached hydrogens (primary N) is 1. The molecule has 0 saturated carbocycles. The zero-order valence-corrected chi connectivity index (χ0v) is 6.45. The molecule has 0 radical (unpaired) electrons. The van der Waals surface area contributed by atoms with Crippen LogP contribution in [-0.4, -0.2) is 31.7 Å². The van der Waals surface area contributed by atoms with Crippen molar-refractivity contribution in [2.24, 2.45) is 15.7 Å². The zero-order chi connectivity index (χ0) is 8.53. The van der Waals surface area contributed by atoms with Gasteiger partial charge in [0, 0.05) is 0 Å². The highest BCUT2D eigenvalue weighted by Gasteiger charge is 1.78. The number of hydrogen-bond donors (Lipinski definition) is 2. The minimum Gasteiger partial charge on any atom is -0.365 e. The largest absolute Gasteiger partial charge is 0.365 e. The molecule has 1 amide bonds. The van der Waals surface area contributed by atoms with E-state index < -0.39 is 5.91 Å². The third-order valence-electron chi connectivity index (χ3n) is 0.803. The Kier molecular flexibility index (Phi) is 6.11. The van der Waals surface area contributed by atoms with Crippen LogP contribution < -0.4 is 11.1 Å². The van der Waals surface area contributed by atoms with Gasteiger partial charge in [0.1, 0.15) is 6.34 Å². The fourth-order valence-electron chi connectivity index (χ4n) is 0.371. The van der Waals surface area contributed by atoms with Crippen LogP contribution in [0.2, 0.25) is 0 Å². The number of carbonyl (C=O) groups excluding carboxylic acids is 1. The average molecular weight is 156 g/mol. The first-order valence-corrected chi connectivity index (χ1v) is 3.29. The number of amides is 1. The normalized spacial score (nSPS) is 11.4. The molecule has 11 heavy (non-hydrogen) atoms. The molecule has 0 unspecified atom stereocenters. The van der Waals surface area contributed by atoms with Crippen LogP contribution in [-0.2, 0) is 4.79 Å². The Hall–Kier alpha value is -1.23. The van der Waals surface area contributed by atoms with Crippen molar-refractivity contribution in [3.8, 4) is 0 Å². The molecule has 3 N–H and O–H groups in total. The number of aliphatic imine (C=N–C) groups is 2. The summed E-state index contributed by atoms with van der Waals surface area (Å²) in [6.07, 6.45) is 2.29. The van der Waals surface area contributed by atoms with E-state index in [4.69, 9.17) is 5.73 Å². The summed E-state index contributed by atoms with van der Waals surface area (Å²) >= 11 is 0. The smallest absolute Gasteiger partial charge is 0.259 e. The quantitative estimate of drug-likeness (QED) is 0.308. The van der Waals surface area contributed by atoms with Gasteiger partial charge in [0.15, 0.2) is 0 Å². The van der Waals surface area contributed by atoms with Crippen LogP contribution in [0.1, 0.15) is 6.92 Å². The molecule has 62 valence electrons. The highest BCUT2D eigenvalue weighted by Crippen LogP contribution is 1.63. The fraction of sp³-hybridized carbons (Fsp3) is 0.500. The van der Waals surface area contributed by atoms with E-state index in [0.717, 1.165) is 12.8 Å². The van der Waals surface area contributed by atoms with E-state index in [1.807, 2.05) is 6.92 Å². The monoisotopic (exact) mass is 156 g/mol. The minimum absolute atomic E-state index is 0.507. The molecule has 5 heteroatoms. The maximum absolute atomic E-state index is 10.1. The summed E-state index contributed by atoms with van der Waals surface area (Å²) in [5.41, 5.74) is 4.77. The van der Waals surface area contributed by atoms with E-state index in [0.29, 0.717) is 6.67 Å². The predicted octanol–water partition coefficient (Wildman–Crippen LogP) is -0.862. The van der Waals surface area contributed by atoms with E-state index in [9.17, 15) is 4.79 Å². The highest BCUT2D eigenvalue weighted by molar-refractivity contribution is 6.26. The molecule has 0 saturated heterocycles. The molecule has 5 nitrogen and oxygen atoms in total. The molecule has 0 aliphatic carbocycles. The van der Waals surface area contributed by atoms with Crippen LogP contribution in [0.5, 0.6) is 0 Å². The molecular weight excluding hydrogens is 144 g/mol. The second-order valence-corrected chi connectivity index (χ2v) is 1.74. The lowest BCUT2D eigenvalue weighted by Gasteiger charge is -1.90. The van der Waals surface area contributed by atoms with Crippen molar-refractivity contribution in [3.05, 3.63) is 0 Å². The first-order chi connectivity index (χ1) is 5.27. The molecule has 0 spiro atoms. The molecule has 0 heterocycles. The highest BCUT2D eigenvalue weighted by atomic mass is 16.1. The van der Waals surface area contributed by atoms with Crippen LogP contribution in [0.4, 0.5) is 0 Å². The Morgan fingerprint density at radius 1 is 1.73 bits per heavy atom. The number of carbonyl (C=O) groups is 1. The van der Waals surface area contributed by atoms with Crippen molar-refractivity contribution in [1.29, 1.82) is 0 Å². The van der Waals surface area contributed by atoms with Crippen molar-refractivity contribution in [2.75, 3.05) is 13.2 Å². The Bertz CT molecular complexity index is 164. The van der Waals surface area contributed by atoms with Gasteiger partial charge in [-0.3, -0.25) is 15.1 Å². The SMILES string of the molecule is CCNC/N=C\N=C\C(N)=O. The van der Waals surface area contributed by atoms with Crippen molar-refractivity contribution in [2.45, 2.75) is 6.92 Å². The van der Waals surface area contributed by atoms with Gasteiger partial charge in [-0.2, -0.15) is 0 Å². The molecular formula is C6H12N4O. The van der Waals surface area contributed by atoms with Gasteiger partial charge in [0.2, 0.25) is 0 Å². The standard InChI is InChI=1S/C6H12N4O/c1-2-8-4-10-5-9-3-6(7)11/h3,5,8H,2,4H2,1H3,(H2,7,11)/b9-3+,10-5-. The first-order valence-electron chi connectivity index (χ1n) is 3.29. The summed E-state index contributed by atoms with van der Waals surface area (Å²) in [6.45, 7) is 3.34. The first kappa shape index (κ1) is 9.77. The summed E-state index contributed by atoms with van der Waals surface area (Å²) in [4.78, 5) is 17.4. The van der Waals surface area contributed by atoms with Gasteiger partial charge < -0.3 is 5.73 Å². The van der Waals surface area contributed by atoms with Gasteiger partial charge in [-0.1, -0.05) is 6.92 Å². The summed E-state index contributed by atoms with van der Waals surface area (Å²) in [7, 11) is 0. The van der Waals surface area contributed by atoms with Crippen molar-refractivity contribution in [3.63, 3.8) is 0 Å². The van der Waals surface area contributed by atoms with Gasteiger partial charge in [-0.15, -0.1) is 0 Å². The molecule has 0 bridgehead atoms. The zero-order valence-electron chi connectivity index (χ0n) is 6.45. The van der Waals surface area contributed by atoms with Crippen LogP contribution >= 0.6 is 0 Å². The van der Waals surface area contributed by atoms with Crippen molar-refractivity contribution >= 4 is 18.5 Å². The van der Waals surface area contributed by atoms with Gasteiger partial charge in [0.05, 0.1) is 12.9 Å². The van der Waals surface area contributed by atoms with E-state index in [1.54, 1.807) is 0 Å². The molecule has 0 atom stereocenters. The molecule has 0 aromatic rings. The number of nitrogens with one attached hydrogen (secondary N) is 1. The summed E-state index contributed by atoms with van der Waals surface area (Å²) in [6, 6.07) is 0. The molecule has 0 aliphatic heterocycles. The summed E-state index contributed by atoms with van der Waals surface area (Å²) < 4.78 is 0. The van der Waals surface area contributed by atoms with Gasteiger partial charge >= 0.3 is 0 Å².